The van der Waals surface area contributed by atoms with E-state index in [4.69, 9.17) is 9.72 Å². The number of aromatic nitrogens is 2. The van der Waals surface area contributed by atoms with Crippen LogP contribution in [-0.2, 0) is 39.5 Å². The fraction of sp³-hybridized carbons (Fsp3) is 0.250. The second-order valence-corrected chi connectivity index (χ2v) is 18.0. The molecule has 0 saturated heterocycles. The number of rotatable bonds is 12. The predicted molar refractivity (Wildman–Crippen MR) is 254 cm³/mol. The molecule has 0 spiro atoms. The minimum Gasteiger partial charge on any atom is -0.517 e. The fourth-order valence-electron chi connectivity index (χ4n) is 8.78. The maximum absolute atomic E-state index is 6.50. The molecule has 1 aliphatic heterocycles. The van der Waals surface area contributed by atoms with Crippen LogP contribution in [0, 0.1) is 18.8 Å². The molecule has 0 atom stereocenters. The average Bonchev–Trinajstić information content (AvgIpc) is 3.81. The molecule has 8 aromatic rings. The van der Waals surface area contributed by atoms with Gasteiger partial charge in [0, 0.05) is 49.9 Å². The van der Waals surface area contributed by atoms with E-state index in [1.807, 2.05) is 12.3 Å². The summed E-state index contributed by atoms with van der Waals surface area (Å²) in [5.74, 6) is 2.47. The number of benzene rings is 6. The number of hydrogen-bond acceptors (Lipinski definition) is 4. The predicted octanol–water partition coefficient (Wildman–Crippen LogP) is 14.3. The summed E-state index contributed by atoms with van der Waals surface area (Å²) >= 11 is 0. The van der Waals surface area contributed by atoms with Gasteiger partial charge in [-0.2, -0.15) is 37.0 Å². The third kappa shape index (κ3) is 8.57. The second-order valence-electron chi connectivity index (χ2n) is 18.0. The van der Waals surface area contributed by atoms with Gasteiger partial charge < -0.3 is 19.1 Å². The van der Waals surface area contributed by atoms with Crippen molar-refractivity contribution in [3.63, 3.8) is 0 Å². The van der Waals surface area contributed by atoms with Gasteiger partial charge in [0.15, 0.2) is 0 Å². The molecule has 0 bridgehead atoms. The summed E-state index contributed by atoms with van der Waals surface area (Å²) in [6.07, 6.45) is 3.94. The molecular weight excluding hydrogens is 940 g/mol. The average molecular weight is 995 g/mol. The Kier molecular flexibility index (Phi) is 12.5. The number of fused-ring (bicyclic) bond motifs is 4. The SMILES string of the molecule is CC(C)c1cc(-c2ccccc2)c(CCCN2[CH-]N(c3[c-]c(COc4[c-]c5c(cc4)c4ccccc4n5-c4cc(C(C)(C)C)ccn4)ccc3)c3ccccc32)c(C(C)C)c1.[Pt]. The van der Waals surface area contributed by atoms with Gasteiger partial charge in [0.2, 0.25) is 0 Å². The van der Waals surface area contributed by atoms with E-state index in [9.17, 15) is 0 Å². The summed E-state index contributed by atoms with van der Waals surface area (Å²) in [4.78, 5) is 9.50. The Morgan fingerprint density at radius 1 is 0.726 bits per heavy atom. The third-order valence-electron chi connectivity index (χ3n) is 12.1. The molecule has 0 amide bonds. The summed E-state index contributed by atoms with van der Waals surface area (Å²) in [5, 5.41) is 2.28. The summed E-state index contributed by atoms with van der Waals surface area (Å²) in [6, 6.07) is 55.1. The van der Waals surface area contributed by atoms with Crippen LogP contribution < -0.4 is 14.5 Å². The van der Waals surface area contributed by atoms with Crippen molar-refractivity contribution in [2.75, 3.05) is 16.3 Å². The van der Waals surface area contributed by atoms with Gasteiger partial charge in [-0.1, -0.05) is 127 Å². The summed E-state index contributed by atoms with van der Waals surface area (Å²) < 4.78 is 8.71. The number of anilines is 3. The van der Waals surface area contributed by atoms with Crippen LogP contribution in [0.1, 0.15) is 94.5 Å². The van der Waals surface area contributed by atoms with Gasteiger partial charge in [-0.15, -0.1) is 28.8 Å². The first kappa shape index (κ1) is 43.0. The first-order valence-corrected chi connectivity index (χ1v) is 21.8. The minimum atomic E-state index is -0.00195. The maximum Gasteiger partial charge on any atom is 0.135 e. The standard InChI is InChI=1S/C56H55N4O.Pt/c1-38(2)42-32-49(39(3)4)46(50(33-42)41-18-9-8-10-19-41)22-16-30-58-37-59(53-25-14-13-24-52(53)58)44-20-15-17-40(31-44)36-61-45-26-27-48-47-21-11-12-23-51(47)60(54(48)35-45)55-34-43(28-29-57-55)56(5,6)7;/h8-15,17-21,23-29,32-34,37-39H,16,22,30,36H2,1-7H3;/q-3;. The van der Waals surface area contributed by atoms with E-state index in [1.165, 1.54) is 39.1 Å². The van der Waals surface area contributed by atoms with Crippen LogP contribution in [0.15, 0.2) is 140 Å². The van der Waals surface area contributed by atoms with Crippen molar-refractivity contribution >= 4 is 38.9 Å². The zero-order valence-electron chi connectivity index (χ0n) is 36.9. The largest absolute Gasteiger partial charge is 0.517 e. The summed E-state index contributed by atoms with van der Waals surface area (Å²) in [6.45, 7) is 19.5. The molecule has 0 saturated carbocycles. The van der Waals surface area contributed by atoms with Gasteiger partial charge >= 0.3 is 0 Å². The van der Waals surface area contributed by atoms with Crippen molar-refractivity contribution in [1.82, 2.24) is 9.55 Å². The van der Waals surface area contributed by atoms with Crippen molar-refractivity contribution in [2.45, 2.75) is 85.2 Å². The van der Waals surface area contributed by atoms with Crippen LogP contribution in [0.4, 0.5) is 17.1 Å². The van der Waals surface area contributed by atoms with Crippen LogP contribution in [0.2, 0.25) is 0 Å². The molecule has 0 fully saturated rings. The fourth-order valence-corrected chi connectivity index (χ4v) is 8.78. The molecule has 0 unspecified atom stereocenters. The smallest absolute Gasteiger partial charge is 0.135 e. The van der Waals surface area contributed by atoms with Crippen molar-refractivity contribution in [2.24, 2.45) is 0 Å². The van der Waals surface area contributed by atoms with Crippen LogP contribution in [0.5, 0.6) is 5.75 Å². The normalized spacial score (nSPS) is 12.7. The van der Waals surface area contributed by atoms with E-state index in [0.717, 1.165) is 63.9 Å². The molecule has 9 rings (SSSR count). The maximum atomic E-state index is 6.50. The van der Waals surface area contributed by atoms with E-state index in [0.29, 0.717) is 24.2 Å². The Morgan fingerprint density at radius 2 is 1.48 bits per heavy atom. The van der Waals surface area contributed by atoms with Gasteiger partial charge in [-0.3, -0.25) is 0 Å². The minimum absolute atomic E-state index is 0. The molecule has 3 heterocycles. The Hall–Kier alpha value is -5.64. The number of hydrogen-bond donors (Lipinski definition) is 0. The zero-order chi connectivity index (χ0) is 42.3. The van der Waals surface area contributed by atoms with Crippen molar-refractivity contribution < 1.29 is 25.8 Å². The van der Waals surface area contributed by atoms with Crippen LogP contribution in [0.25, 0.3) is 38.8 Å². The molecule has 5 nitrogen and oxygen atoms in total. The van der Waals surface area contributed by atoms with Gasteiger partial charge in [-0.25, -0.2) is 4.98 Å². The quantitative estimate of drug-likeness (QED) is 0.114. The van der Waals surface area contributed by atoms with Crippen LogP contribution in [0.3, 0.4) is 0 Å². The number of ether oxygens (including phenoxy) is 1. The second kappa shape index (κ2) is 18.0. The number of nitrogens with zero attached hydrogens (tertiary/aromatic N) is 4. The number of pyridine rings is 1. The molecule has 2 aromatic heterocycles. The van der Waals surface area contributed by atoms with Crippen LogP contribution in [-0.4, -0.2) is 16.1 Å². The molecule has 6 aromatic carbocycles. The molecule has 0 N–H and O–H groups in total. The zero-order valence-corrected chi connectivity index (χ0v) is 39.1. The monoisotopic (exact) mass is 994 g/mol. The summed E-state index contributed by atoms with van der Waals surface area (Å²) in [7, 11) is 0. The van der Waals surface area contributed by atoms with E-state index in [2.05, 4.69) is 209 Å². The molecule has 318 valence electrons. The van der Waals surface area contributed by atoms with E-state index in [-0.39, 0.29) is 26.5 Å². The molecule has 6 heteroatoms. The first-order chi connectivity index (χ1) is 29.5. The Morgan fingerprint density at radius 3 is 2.26 bits per heavy atom. The molecule has 0 aliphatic carbocycles. The van der Waals surface area contributed by atoms with Gasteiger partial charge in [0.25, 0.3) is 0 Å². The number of para-hydroxylation sites is 3. The molecule has 0 radical (unpaired) electrons. The first-order valence-electron chi connectivity index (χ1n) is 21.8. The topological polar surface area (TPSA) is 33.5 Å². The van der Waals surface area contributed by atoms with Gasteiger partial charge in [-0.05, 0) is 106 Å². The Balaban J connectivity index is 0.00000529. The van der Waals surface area contributed by atoms with Crippen molar-refractivity contribution in [1.29, 1.82) is 0 Å². The van der Waals surface area contributed by atoms with Gasteiger partial charge in [0.05, 0.1) is 6.61 Å². The van der Waals surface area contributed by atoms with E-state index < -0.39 is 0 Å². The molecule has 62 heavy (non-hydrogen) atoms. The Bertz CT molecular complexity index is 2840. The van der Waals surface area contributed by atoms with E-state index >= 15 is 0 Å². The van der Waals surface area contributed by atoms with Crippen molar-refractivity contribution in [3.05, 3.63) is 186 Å². The van der Waals surface area contributed by atoms with E-state index in [1.54, 1.807) is 0 Å². The third-order valence-corrected chi connectivity index (χ3v) is 12.1. The molecular formula is C56H55N4OPt-3. The van der Waals surface area contributed by atoms with Crippen molar-refractivity contribution in [3.8, 4) is 22.7 Å². The summed E-state index contributed by atoms with van der Waals surface area (Å²) in [5.41, 5.74) is 14.6. The van der Waals surface area contributed by atoms with Crippen LogP contribution >= 0.6 is 0 Å². The molecule has 1 aliphatic rings. The van der Waals surface area contributed by atoms with Gasteiger partial charge in [0.1, 0.15) is 5.82 Å². The Labute approximate surface area is 382 Å².